The zero-order chi connectivity index (χ0) is 15.7. The number of nitro groups is 1. The molecule has 1 heterocycles. The van der Waals surface area contributed by atoms with Crippen molar-refractivity contribution in [2.75, 3.05) is 0 Å². The Labute approximate surface area is 126 Å². The van der Waals surface area contributed by atoms with Gasteiger partial charge in [-0.3, -0.25) is 10.1 Å². The monoisotopic (exact) mass is 297 g/mol. The van der Waals surface area contributed by atoms with Gasteiger partial charge in [0.05, 0.1) is 16.0 Å². The summed E-state index contributed by atoms with van der Waals surface area (Å²) in [6.45, 7) is 4.27. The Morgan fingerprint density at radius 3 is 2.82 bits per heavy atom. The van der Waals surface area contributed by atoms with E-state index in [1.54, 1.807) is 6.07 Å². The Balaban J connectivity index is 1.82. The number of aromatic nitrogens is 2. The van der Waals surface area contributed by atoms with E-state index in [9.17, 15) is 10.1 Å². The number of aromatic amines is 1. The van der Waals surface area contributed by atoms with Crippen molar-refractivity contribution in [3.8, 4) is 5.75 Å². The van der Waals surface area contributed by atoms with Crippen molar-refractivity contribution in [1.82, 2.24) is 9.97 Å². The molecule has 6 nitrogen and oxygen atoms in total. The molecule has 0 fully saturated rings. The van der Waals surface area contributed by atoms with Crippen LogP contribution in [0.4, 0.5) is 5.69 Å². The molecule has 112 valence electrons. The Morgan fingerprint density at radius 2 is 2.05 bits per heavy atom. The first kappa shape index (κ1) is 14.1. The number of ether oxygens (including phenoxy) is 1. The van der Waals surface area contributed by atoms with Crippen molar-refractivity contribution in [1.29, 1.82) is 0 Å². The van der Waals surface area contributed by atoms with E-state index in [2.05, 4.69) is 9.97 Å². The van der Waals surface area contributed by atoms with E-state index < -0.39 is 4.92 Å². The molecule has 0 atom stereocenters. The van der Waals surface area contributed by atoms with Crippen LogP contribution in [0.25, 0.3) is 11.0 Å². The second kappa shape index (κ2) is 5.48. The summed E-state index contributed by atoms with van der Waals surface area (Å²) in [6.07, 6.45) is 0. The standard InChI is InChI=1S/C16H15N3O3/c1-10-3-4-11(2)15(7-10)22-9-16-17-13-6-5-12(19(20)21)8-14(13)18-16/h3-8H,9H2,1-2H3,(H,17,18). The minimum Gasteiger partial charge on any atom is -0.485 e. The molecule has 0 radical (unpaired) electrons. The van der Waals surface area contributed by atoms with Gasteiger partial charge in [-0.15, -0.1) is 0 Å². The van der Waals surface area contributed by atoms with E-state index in [0.717, 1.165) is 16.9 Å². The van der Waals surface area contributed by atoms with Crippen molar-refractivity contribution < 1.29 is 9.66 Å². The molecule has 22 heavy (non-hydrogen) atoms. The van der Waals surface area contributed by atoms with Gasteiger partial charge < -0.3 is 9.72 Å². The Bertz CT molecular complexity index is 855. The van der Waals surface area contributed by atoms with E-state index in [1.807, 2.05) is 32.0 Å². The van der Waals surface area contributed by atoms with Gasteiger partial charge in [0.15, 0.2) is 0 Å². The number of nitro benzene ring substituents is 1. The zero-order valence-corrected chi connectivity index (χ0v) is 12.3. The molecule has 6 heteroatoms. The highest BCUT2D eigenvalue weighted by molar-refractivity contribution is 5.77. The van der Waals surface area contributed by atoms with Gasteiger partial charge in [-0.05, 0) is 37.1 Å². The number of non-ortho nitro benzene ring substituents is 1. The molecule has 0 amide bonds. The number of aryl methyl sites for hydroxylation is 2. The maximum atomic E-state index is 10.8. The van der Waals surface area contributed by atoms with Crippen molar-refractivity contribution >= 4 is 16.7 Å². The first-order chi connectivity index (χ1) is 10.5. The smallest absolute Gasteiger partial charge is 0.271 e. The SMILES string of the molecule is Cc1ccc(C)c(OCc2nc3ccc([N+](=O)[O-])cc3[nH]2)c1. The van der Waals surface area contributed by atoms with Crippen LogP contribution in [-0.4, -0.2) is 14.9 Å². The summed E-state index contributed by atoms with van der Waals surface area (Å²) in [5.41, 5.74) is 3.54. The number of fused-ring (bicyclic) bond motifs is 1. The lowest BCUT2D eigenvalue weighted by Gasteiger charge is -2.08. The van der Waals surface area contributed by atoms with E-state index in [4.69, 9.17) is 4.74 Å². The number of rotatable bonds is 4. The molecular formula is C16H15N3O3. The van der Waals surface area contributed by atoms with Crippen LogP contribution in [0.1, 0.15) is 17.0 Å². The van der Waals surface area contributed by atoms with Gasteiger partial charge in [0, 0.05) is 12.1 Å². The fraction of sp³-hybridized carbons (Fsp3) is 0.188. The van der Waals surface area contributed by atoms with Gasteiger partial charge >= 0.3 is 0 Å². The fourth-order valence-electron chi connectivity index (χ4n) is 2.24. The van der Waals surface area contributed by atoms with Crippen LogP contribution in [0.3, 0.4) is 0 Å². The van der Waals surface area contributed by atoms with E-state index >= 15 is 0 Å². The van der Waals surface area contributed by atoms with E-state index in [0.29, 0.717) is 16.9 Å². The van der Waals surface area contributed by atoms with Crippen molar-refractivity contribution in [3.63, 3.8) is 0 Å². The summed E-state index contributed by atoms with van der Waals surface area (Å²) in [5.74, 6) is 1.45. The quantitative estimate of drug-likeness (QED) is 0.588. The summed E-state index contributed by atoms with van der Waals surface area (Å²) in [5, 5.41) is 10.8. The maximum Gasteiger partial charge on any atom is 0.271 e. The third-order valence-electron chi connectivity index (χ3n) is 3.43. The predicted molar refractivity (Wildman–Crippen MR) is 83.0 cm³/mol. The second-order valence-corrected chi connectivity index (χ2v) is 5.20. The molecule has 0 spiro atoms. The largest absolute Gasteiger partial charge is 0.485 e. The van der Waals surface area contributed by atoms with E-state index in [1.165, 1.54) is 12.1 Å². The molecule has 3 aromatic rings. The van der Waals surface area contributed by atoms with Gasteiger partial charge in [0.2, 0.25) is 0 Å². The maximum absolute atomic E-state index is 10.8. The average molecular weight is 297 g/mol. The summed E-state index contributed by atoms with van der Waals surface area (Å²) in [6, 6.07) is 10.6. The number of H-pyrrole nitrogens is 1. The highest BCUT2D eigenvalue weighted by Gasteiger charge is 2.10. The van der Waals surface area contributed by atoms with Gasteiger partial charge in [0.25, 0.3) is 5.69 Å². The highest BCUT2D eigenvalue weighted by atomic mass is 16.6. The molecule has 0 saturated heterocycles. The summed E-state index contributed by atoms with van der Waals surface area (Å²) in [4.78, 5) is 17.8. The lowest BCUT2D eigenvalue weighted by Crippen LogP contribution is -1.99. The topological polar surface area (TPSA) is 81.1 Å². The van der Waals surface area contributed by atoms with Crippen LogP contribution in [0.15, 0.2) is 36.4 Å². The molecule has 3 rings (SSSR count). The fourth-order valence-corrected chi connectivity index (χ4v) is 2.24. The molecule has 1 N–H and O–H groups in total. The van der Waals surface area contributed by atoms with Gasteiger partial charge in [0.1, 0.15) is 18.2 Å². The number of nitrogens with zero attached hydrogens (tertiary/aromatic N) is 2. The molecule has 2 aromatic carbocycles. The van der Waals surface area contributed by atoms with Gasteiger partial charge in [-0.2, -0.15) is 0 Å². The number of nitrogens with one attached hydrogen (secondary N) is 1. The Morgan fingerprint density at radius 1 is 1.23 bits per heavy atom. The molecular weight excluding hydrogens is 282 g/mol. The van der Waals surface area contributed by atoms with Crippen LogP contribution in [0.5, 0.6) is 5.75 Å². The van der Waals surface area contributed by atoms with Crippen LogP contribution in [0, 0.1) is 24.0 Å². The minimum absolute atomic E-state index is 0.0400. The molecule has 0 saturated carbocycles. The molecule has 1 aromatic heterocycles. The lowest BCUT2D eigenvalue weighted by atomic mass is 10.1. The Kier molecular flexibility index (Phi) is 3.50. The number of hydrogen-bond donors (Lipinski definition) is 1. The predicted octanol–water partition coefficient (Wildman–Crippen LogP) is 3.67. The average Bonchev–Trinajstić information content (AvgIpc) is 2.90. The minimum atomic E-state index is -0.424. The van der Waals surface area contributed by atoms with E-state index in [-0.39, 0.29) is 12.3 Å². The van der Waals surface area contributed by atoms with Crippen LogP contribution >= 0.6 is 0 Å². The van der Waals surface area contributed by atoms with Gasteiger partial charge in [-0.25, -0.2) is 4.98 Å². The number of benzene rings is 2. The van der Waals surface area contributed by atoms with Crippen molar-refractivity contribution in [2.24, 2.45) is 0 Å². The zero-order valence-electron chi connectivity index (χ0n) is 12.3. The molecule has 0 bridgehead atoms. The first-order valence-electron chi connectivity index (χ1n) is 6.86. The van der Waals surface area contributed by atoms with Crippen molar-refractivity contribution in [3.05, 3.63) is 63.5 Å². The third kappa shape index (κ3) is 2.76. The lowest BCUT2D eigenvalue weighted by molar-refractivity contribution is -0.384. The number of hydrogen-bond acceptors (Lipinski definition) is 4. The highest BCUT2D eigenvalue weighted by Crippen LogP contribution is 2.22. The summed E-state index contributed by atoms with van der Waals surface area (Å²) in [7, 11) is 0. The first-order valence-corrected chi connectivity index (χ1v) is 6.86. The van der Waals surface area contributed by atoms with Crippen LogP contribution in [0.2, 0.25) is 0 Å². The van der Waals surface area contributed by atoms with Crippen molar-refractivity contribution in [2.45, 2.75) is 20.5 Å². The molecule has 0 unspecified atom stereocenters. The molecule has 0 aliphatic carbocycles. The molecule has 0 aliphatic heterocycles. The van der Waals surface area contributed by atoms with Crippen LogP contribution in [-0.2, 0) is 6.61 Å². The summed E-state index contributed by atoms with van der Waals surface area (Å²) < 4.78 is 5.78. The van der Waals surface area contributed by atoms with Gasteiger partial charge in [-0.1, -0.05) is 12.1 Å². The molecule has 0 aliphatic rings. The Hall–Kier alpha value is -2.89. The normalized spacial score (nSPS) is 10.8. The third-order valence-corrected chi connectivity index (χ3v) is 3.43. The second-order valence-electron chi connectivity index (χ2n) is 5.20. The van der Waals surface area contributed by atoms with Crippen LogP contribution < -0.4 is 4.74 Å². The summed E-state index contributed by atoms with van der Waals surface area (Å²) >= 11 is 0. The number of imidazole rings is 1.